The predicted octanol–water partition coefficient (Wildman–Crippen LogP) is 2.31. The predicted molar refractivity (Wildman–Crippen MR) is 59.2 cm³/mol. The highest BCUT2D eigenvalue weighted by molar-refractivity contribution is 5.86. The van der Waals surface area contributed by atoms with Crippen LogP contribution in [-0.4, -0.2) is 16.0 Å². The molecule has 84 valence electrons. The van der Waals surface area contributed by atoms with Gasteiger partial charge in [0, 0.05) is 11.6 Å². The minimum atomic E-state index is -1.13. The molecular weight excluding hydrogens is 210 g/mol. The third-order valence-electron chi connectivity index (χ3n) is 2.06. The molecule has 5 heteroatoms. The minimum Gasteiger partial charge on any atom is -0.478 e. The number of carboxylic acid groups (broad SMARTS) is 1. The molecule has 0 heterocycles. The fraction of sp³-hybridized carbons (Fsp3) is 0.182. The highest BCUT2D eigenvalue weighted by Gasteiger charge is 2.15. The summed E-state index contributed by atoms with van der Waals surface area (Å²) >= 11 is 0. The van der Waals surface area contributed by atoms with Gasteiger partial charge in [-0.05, 0) is 37.6 Å². The van der Waals surface area contributed by atoms with Gasteiger partial charge in [-0.1, -0.05) is 0 Å². The van der Waals surface area contributed by atoms with Crippen molar-refractivity contribution in [3.63, 3.8) is 0 Å². The number of rotatable bonds is 3. The normalized spacial score (nSPS) is 10.6. The average Bonchev–Trinajstić information content (AvgIpc) is 2.12. The number of nitro benzene ring substituents is 1. The number of hydrogen-bond donors (Lipinski definition) is 1. The molecule has 0 fully saturated rings. The quantitative estimate of drug-likeness (QED) is 0.482. The van der Waals surface area contributed by atoms with E-state index in [1.807, 2.05) is 0 Å². The number of hydrogen-bond acceptors (Lipinski definition) is 3. The Bertz CT molecular complexity index is 477. The maximum absolute atomic E-state index is 10.8. The van der Waals surface area contributed by atoms with Crippen LogP contribution in [-0.2, 0) is 4.79 Å². The molecule has 16 heavy (non-hydrogen) atoms. The van der Waals surface area contributed by atoms with Crippen LogP contribution in [0.5, 0.6) is 0 Å². The standard InChI is InChI=1S/C11H11NO4/c1-7-5-8(2)11(12(15)16)9(6-7)3-4-10(13)14/h3-6H,1-2H3,(H,13,14)/b4-3+. The Hall–Kier alpha value is -2.17. The van der Waals surface area contributed by atoms with Crippen LogP contribution in [0.25, 0.3) is 6.08 Å². The van der Waals surface area contributed by atoms with Gasteiger partial charge in [0.15, 0.2) is 0 Å². The molecule has 0 atom stereocenters. The second-order valence-electron chi connectivity index (χ2n) is 3.45. The molecule has 0 saturated carbocycles. The lowest BCUT2D eigenvalue weighted by atomic mass is 10.0. The number of carboxylic acids is 1. The molecular formula is C11H11NO4. The summed E-state index contributed by atoms with van der Waals surface area (Å²) in [5.74, 6) is -1.13. The molecule has 0 aliphatic heterocycles. The zero-order valence-electron chi connectivity index (χ0n) is 8.93. The molecule has 0 bridgehead atoms. The lowest BCUT2D eigenvalue weighted by Crippen LogP contribution is -1.96. The van der Waals surface area contributed by atoms with Crippen molar-refractivity contribution in [3.8, 4) is 0 Å². The van der Waals surface area contributed by atoms with E-state index >= 15 is 0 Å². The second-order valence-corrected chi connectivity index (χ2v) is 3.45. The van der Waals surface area contributed by atoms with Crippen molar-refractivity contribution >= 4 is 17.7 Å². The Morgan fingerprint density at radius 1 is 1.44 bits per heavy atom. The first-order valence-corrected chi connectivity index (χ1v) is 4.58. The molecule has 0 spiro atoms. The molecule has 0 aliphatic carbocycles. The topological polar surface area (TPSA) is 80.4 Å². The highest BCUT2D eigenvalue weighted by atomic mass is 16.6. The number of aliphatic carboxylic acids is 1. The number of carbonyl (C=O) groups is 1. The molecule has 0 unspecified atom stereocenters. The molecule has 1 aromatic carbocycles. The Kier molecular flexibility index (Phi) is 3.40. The zero-order chi connectivity index (χ0) is 12.3. The van der Waals surface area contributed by atoms with Crippen LogP contribution in [0.15, 0.2) is 18.2 Å². The monoisotopic (exact) mass is 221 g/mol. The fourth-order valence-corrected chi connectivity index (χ4v) is 1.53. The third-order valence-corrected chi connectivity index (χ3v) is 2.06. The fourth-order valence-electron chi connectivity index (χ4n) is 1.53. The van der Waals surface area contributed by atoms with Gasteiger partial charge in [0.2, 0.25) is 0 Å². The second kappa shape index (κ2) is 4.57. The first-order valence-electron chi connectivity index (χ1n) is 4.58. The van der Waals surface area contributed by atoms with Crippen LogP contribution in [0.1, 0.15) is 16.7 Å². The summed E-state index contributed by atoms with van der Waals surface area (Å²) in [5.41, 5.74) is 1.64. The molecule has 0 aromatic heterocycles. The van der Waals surface area contributed by atoms with Gasteiger partial charge in [0.1, 0.15) is 0 Å². The van der Waals surface area contributed by atoms with Crippen molar-refractivity contribution in [1.82, 2.24) is 0 Å². The molecule has 1 N–H and O–H groups in total. The summed E-state index contributed by atoms with van der Waals surface area (Å²) in [4.78, 5) is 20.7. The van der Waals surface area contributed by atoms with E-state index in [-0.39, 0.29) is 5.69 Å². The Labute approximate surface area is 92.2 Å². The molecule has 0 aliphatic rings. The first-order chi connectivity index (χ1) is 7.41. The van der Waals surface area contributed by atoms with Gasteiger partial charge < -0.3 is 5.11 Å². The number of nitro groups is 1. The zero-order valence-corrected chi connectivity index (χ0v) is 8.93. The number of aryl methyl sites for hydroxylation is 2. The van der Waals surface area contributed by atoms with Crippen molar-refractivity contribution in [2.24, 2.45) is 0 Å². The van der Waals surface area contributed by atoms with Crippen LogP contribution in [0.4, 0.5) is 5.69 Å². The molecule has 5 nitrogen and oxygen atoms in total. The summed E-state index contributed by atoms with van der Waals surface area (Å²) in [6.07, 6.45) is 2.13. The maximum Gasteiger partial charge on any atom is 0.328 e. The lowest BCUT2D eigenvalue weighted by molar-refractivity contribution is -0.385. The van der Waals surface area contributed by atoms with E-state index < -0.39 is 10.9 Å². The number of nitrogens with zero attached hydrogens (tertiary/aromatic N) is 1. The molecule has 1 rings (SSSR count). The van der Waals surface area contributed by atoms with E-state index in [0.29, 0.717) is 11.1 Å². The van der Waals surface area contributed by atoms with Crippen LogP contribution in [0.3, 0.4) is 0 Å². The van der Waals surface area contributed by atoms with Gasteiger partial charge in [-0.15, -0.1) is 0 Å². The molecule has 0 saturated heterocycles. The number of benzene rings is 1. The van der Waals surface area contributed by atoms with E-state index in [1.165, 1.54) is 6.08 Å². The van der Waals surface area contributed by atoms with E-state index in [4.69, 9.17) is 5.11 Å². The highest BCUT2D eigenvalue weighted by Crippen LogP contribution is 2.26. The lowest BCUT2D eigenvalue weighted by Gasteiger charge is -2.03. The SMILES string of the molecule is Cc1cc(C)c([N+](=O)[O-])c(/C=C/C(=O)O)c1. The summed E-state index contributed by atoms with van der Waals surface area (Å²) in [5, 5.41) is 19.3. The maximum atomic E-state index is 10.8. The van der Waals surface area contributed by atoms with Crippen LogP contribution in [0.2, 0.25) is 0 Å². The first kappa shape index (κ1) is 11.9. The average molecular weight is 221 g/mol. The van der Waals surface area contributed by atoms with E-state index in [0.717, 1.165) is 11.6 Å². The smallest absolute Gasteiger partial charge is 0.328 e. The summed E-state index contributed by atoms with van der Waals surface area (Å²) < 4.78 is 0. The van der Waals surface area contributed by atoms with Crippen molar-refractivity contribution in [2.75, 3.05) is 0 Å². The molecule has 0 amide bonds. The Balaban J connectivity index is 3.35. The van der Waals surface area contributed by atoms with Gasteiger partial charge in [0.05, 0.1) is 10.5 Å². The van der Waals surface area contributed by atoms with Crippen LogP contribution in [0, 0.1) is 24.0 Å². The Morgan fingerprint density at radius 3 is 2.56 bits per heavy atom. The van der Waals surface area contributed by atoms with E-state index in [1.54, 1.807) is 26.0 Å². The molecule has 0 radical (unpaired) electrons. The van der Waals surface area contributed by atoms with Crippen molar-refractivity contribution < 1.29 is 14.8 Å². The Morgan fingerprint density at radius 2 is 2.06 bits per heavy atom. The van der Waals surface area contributed by atoms with Crippen LogP contribution >= 0.6 is 0 Å². The van der Waals surface area contributed by atoms with Gasteiger partial charge in [-0.2, -0.15) is 0 Å². The van der Waals surface area contributed by atoms with Crippen LogP contribution < -0.4 is 0 Å². The summed E-state index contributed by atoms with van der Waals surface area (Å²) in [6.45, 7) is 3.43. The summed E-state index contributed by atoms with van der Waals surface area (Å²) in [6, 6.07) is 3.28. The van der Waals surface area contributed by atoms with E-state index in [2.05, 4.69) is 0 Å². The van der Waals surface area contributed by atoms with Gasteiger partial charge in [0.25, 0.3) is 5.69 Å². The summed E-state index contributed by atoms with van der Waals surface area (Å²) in [7, 11) is 0. The van der Waals surface area contributed by atoms with Gasteiger partial charge in [-0.3, -0.25) is 10.1 Å². The van der Waals surface area contributed by atoms with Gasteiger partial charge in [-0.25, -0.2) is 4.79 Å². The van der Waals surface area contributed by atoms with Gasteiger partial charge >= 0.3 is 5.97 Å². The van der Waals surface area contributed by atoms with Crippen molar-refractivity contribution in [1.29, 1.82) is 0 Å². The minimum absolute atomic E-state index is 0.0527. The van der Waals surface area contributed by atoms with E-state index in [9.17, 15) is 14.9 Å². The molecule has 1 aromatic rings. The largest absolute Gasteiger partial charge is 0.478 e. The third kappa shape index (κ3) is 2.66. The van der Waals surface area contributed by atoms with Crippen molar-refractivity contribution in [2.45, 2.75) is 13.8 Å². The van der Waals surface area contributed by atoms with Crippen molar-refractivity contribution in [3.05, 3.63) is 45.0 Å².